The second-order valence-electron chi connectivity index (χ2n) is 9.62. The molecule has 2 unspecified atom stereocenters. The maximum absolute atomic E-state index is 13.9. The van der Waals surface area contributed by atoms with E-state index in [1.807, 2.05) is 6.92 Å². The van der Waals surface area contributed by atoms with Crippen LogP contribution in [0, 0.1) is 11.8 Å². The van der Waals surface area contributed by atoms with Gasteiger partial charge in [0.15, 0.2) is 0 Å². The van der Waals surface area contributed by atoms with Crippen LogP contribution in [0.15, 0.2) is 24.3 Å². The van der Waals surface area contributed by atoms with E-state index in [4.69, 9.17) is 19.3 Å². The predicted octanol–water partition coefficient (Wildman–Crippen LogP) is 2.51. The van der Waals surface area contributed by atoms with Crippen LogP contribution in [0.25, 0.3) is 0 Å². The molecule has 0 aliphatic carbocycles. The van der Waals surface area contributed by atoms with Gasteiger partial charge in [0.25, 0.3) is 0 Å². The second kappa shape index (κ2) is 10.1. The van der Waals surface area contributed by atoms with E-state index in [0.29, 0.717) is 50.1 Å². The van der Waals surface area contributed by atoms with Crippen LogP contribution in [0.2, 0.25) is 0 Å². The van der Waals surface area contributed by atoms with Gasteiger partial charge in [-0.25, -0.2) is 0 Å². The monoisotopic (exact) mass is 488 g/mol. The Balaban J connectivity index is 1.68. The number of hydrogen-bond acceptors (Lipinski definition) is 7. The molecular formula is C26H36N2O7. The molecule has 3 aliphatic rings. The van der Waals surface area contributed by atoms with Gasteiger partial charge in [-0.05, 0) is 69.7 Å². The molecule has 0 radical (unpaired) electrons. The van der Waals surface area contributed by atoms with E-state index in [2.05, 4.69) is 5.32 Å². The summed E-state index contributed by atoms with van der Waals surface area (Å²) in [5, 5.41) is 12.1. The van der Waals surface area contributed by atoms with Crippen molar-refractivity contribution in [3.8, 4) is 5.75 Å². The zero-order valence-corrected chi connectivity index (χ0v) is 20.7. The molecule has 1 spiro atoms. The van der Waals surface area contributed by atoms with Crippen LogP contribution < -0.4 is 10.1 Å². The summed E-state index contributed by atoms with van der Waals surface area (Å²) in [6, 6.07) is 6.14. The molecule has 9 nitrogen and oxygen atoms in total. The Hall–Kier alpha value is -2.65. The number of fused-ring (bicyclic) bond motifs is 1. The van der Waals surface area contributed by atoms with E-state index in [0.717, 1.165) is 6.42 Å². The van der Waals surface area contributed by atoms with Crippen LogP contribution in [0.1, 0.15) is 52.4 Å². The number of benzene rings is 1. The number of nitrogens with one attached hydrogen (secondary N) is 1. The Labute approximate surface area is 206 Å². The van der Waals surface area contributed by atoms with Gasteiger partial charge in [-0.1, -0.05) is 6.92 Å². The SMILES string of the molecule is CCOC(=O)[C@@H]1[C@H]2C(=O)N(CCCCCO)C(C(=O)Nc3ccc(OC)cc3)C23CC[C@@]1(CC)O3. The summed E-state index contributed by atoms with van der Waals surface area (Å²) in [7, 11) is 1.57. The van der Waals surface area contributed by atoms with Crippen molar-refractivity contribution >= 4 is 23.5 Å². The van der Waals surface area contributed by atoms with Crippen molar-refractivity contribution in [2.45, 2.75) is 69.6 Å². The molecule has 2 N–H and O–H groups in total. The van der Waals surface area contributed by atoms with E-state index >= 15 is 0 Å². The highest BCUT2D eigenvalue weighted by molar-refractivity contribution is 6.03. The molecule has 3 fully saturated rings. The summed E-state index contributed by atoms with van der Waals surface area (Å²) in [5.41, 5.74) is -1.28. The maximum Gasteiger partial charge on any atom is 0.312 e. The Kier molecular flexibility index (Phi) is 7.38. The summed E-state index contributed by atoms with van der Waals surface area (Å²) in [6.07, 6.45) is 3.68. The number of methoxy groups -OCH3 is 1. The predicted molar refractivity (Wildman–Crippen MR) is 128 cm³/mol. The first-order chi connectivity index (χ1) is 16.9. The number of aliphatic hydroxyl groups is 1. The number of esters is 1. The van der Waals surface area contributed by atoms with Crippen LogP contribution >= 0.6 is 0 Å². The minimum atomic E-state index is -1.07. The second-order valence-corrected chi connectivity index (χ2v) is 9.62. The molecule has 1 aromatic rings. The average molecular weight is 489 g/mol. The number of likely N-dealkylation sites (tertiary alicyclic amines) is 1. The van der Waals surface area contributed by atoms with Gasteiger partial charge in [0.1, 0.15) is 23.3 Å². The first kappa shape index (κ1) is 25.4. The van der Waals surface area contributed by atoms with Crippen molar-refractivity contribution in [1.82, 2.24) is 4.90 Å². The van der Waals surface area contributed by atoms with Gasteiger partial charge in [-0.2, -0.15) is 0 Å². The standard InChI is InChI=1S/C26H36N2O7/c1-4-25-13-14-26(35-25)19(20(25)24(32)34-5-2)23(31)28(15-7-6-8-16-29)21(26)22(30)27-17-9-11-18(33-3)12-10-17/h9-12,19-21,29H,4-8,13-16H2,1-3H3,(H,27,30)/t19-,20-,21?,25+,26?/m0/s1. The average Bonchev–Trinajstić information content (AvgIpc) is 3.46. The number of anilines is 1. The Morgan fingerprint density at radius 3 is 2.54 bits per heavy atom. The summed E-state index contributed by atoms with van der Waals surface area (Å²) in [4.78, 5) is 42.3. The van der Waals surface area contributed by atoms with Crippen LogP contribution in [0.3, 0.4) is 0 Å². The fraction of sp³-hybridized carbons (Fsp3) is 0.654. The number of nitrogens with zero attached hydrogens (tertiary/aromatic N) is 1. The van der Waals surface area contributed by atoms with Gasteiger partial charge in [0, 0.05) is 18.8 Å². The maximum atomic E-state index is 13.9. The smallest absolute Gasteiger partial charge is 0.312 e. The summed E-state index contributed by atoms with van der Waals surface area (Å²) in [6.45, 7) is 4.35. The Morgan fingerprint density at radius 1 is 1.17 bits per heavy atom. The molecule has 5 atom stereocenters. The van der Waals surface area contributed by atoms with Crippen molar-refractivity contribution in [2.75, 3.05) is 32.2 Å². The van der Waals surface area contributed by atoms with E-state index in [-0.39, 0.29) is 25.0 Å². The van der Waals surface area contributed by atoms with E-state index in [1.54, 1.807) is 43.2 Å². The lowest BCUT2D eigenvalue weighted by molar-refractivity contribution is -0.160. The normalized spacial score (nSPS) is 30.9. The van der Waals surface area contributed by atoms with Crippen LogP contribution in [-0.4, -0.2) is 71.9 Å². The van der Waals surface area contributed by atoms with E-state index in [9.17, 15) is 14.4 Å². The largest absolute Gasteiger partial charge is 0.497 e. The summed E-state index contributed by atoms with van der Waals surface area (Å²) >= 11 is 0. The van der Waals surface area contributed by atoms with Gasteiger partial charge >= 0.3 is 5.97 Å². The number of unbranched alkanes of at least 4 members (excludes halogenated alkanes) is 2. The van der Waals surface area contributed by atoms with E-state index in [1.165, 1.54) is 0 Å². The Morgan fingerprint density at radius 2 is 1.91 bits per heavy atom. The Bertz CT molecular complexity index is 952. The minimum absolute atomic E-state index is 0.0783. The van der Waals surface area contributed by atoms with Crippen LogP contribution in [0.5, 0.6) is 5.75 Å². The molecule has 0 saturated carbocycles. The number of ether oxygens (including phenoxy) is 3. The van der Waals surface area contributed by atoms with Crippen molar-refractivity contribution < 1.29 is 33.7 Å². The highest BCUT2D eigenvalue weighted by Crippen LogP contribution is 2.64. The first-order valence-corrected chi connectivity index (χ1v) is 12.6. The quantitative estimate of drug-likeness (QED) is 0.363. The number of carbonyl (C=O) groups is 3. The van der Waals surface area contributed by atoms with Crippen molar-refractivity contribution in [1.29, 1.82) is 0 Å². The molecule has 4 rings (SSSR count). The molecular weight excluding hydrogens is 452 g/mol. The highest BCUT2D eigenvalue weighted by Gasteiger charge is 2.78. The molecule has 35 heavy (non-hydrogen) atoms. The van der Waals surface area contributed by atoms with Crippen molar-refractivity contribution in [3.05, 3.63) is 24.3 Å². The van der Waals surface area contributed by atoms with Crippen LogP contribution in [-0.2, 0) is 23.9 Å². The summed E-state index contributed by atoms with van der Waals surface area (Å²) < 4.78 is 17.2. The number of hydrogen-bond donors (Lipinski definition) is 2. The van der Waals surface area contributed by atoms with Gasteiger partial charge in [0.2, 0.25) is 11.8 Å². The lowest BCUT2D eigenvalue weighted by Gasteiger charge is -2.33. The minimum Gasteiger partial charge on any atom is -0.497 e. The molecule has 2 amide bonds. The third-order valence-corrected chi connectivity index (χ3v) is 7.88. The molecule has 3 heterocycles. The fourth-order valence-corrected chi connectivity index (χ4v) is 6.31. The number of aliphatic hydroxyl groups excluding tert-OH is 1. The van der Waals surface area contributed by atoms with E-state index < -0.39 is 35.0 Å². The zero-order valence-electron chi connectivity index (χ0n) is 20.7. The summed E-state index contributed by atoms with van der Waals surface area (Å²) in [5.74, 6) is -1.79. The van der Waals surface area contributed by atoms with Crippen molar-refractivity contribution in [3.63, 3.8) is 0 Å². The molecule has 0 aromatic heterocycles. The van der Waals surface area contributed by atoms with Gasteiger partial charge in [-0.3, -0.25) is 14.4 Å². The van der Waals surface area contributed by atoms with Gasteiger partial charge < -0.3 is 29.5 Å². The van der Waals surface area contributed by atoms with Gasteiger partial charge in [0.05, 0.1) is 25.2 Å². The molecule has 2 bridgehead atoms. The molecule has 9 heteroatoms. The van der Waals surface area contributed by atoms with Crippen LogP contribution in [0.4, 0.5) is 5.69 Å². The number of carbonyl (C=O) groups excluding carboxylic acids is 3. The number of rotatable bonds is 11. The molecule has 192 valence electrons. The highest BCUT2D eigenvalue weighted by atomic mass is 16.6. The first-order valence-electron chi connectivity index (χ1n) is 12.6. The lowest BCUT2D eigenvalue weighted by atomic mass is 9.65. The molecule has 3 saturated heterocycles. The third kappa shape index (κ3) is 4.18. The van der Waals surface area contributed by atoms with Gasteiger partial charge in [-0.15, -0.1) is 0 Å². The molecule has 1 aromatic carbocycles. The fourth-order valence-electron chi connectivity index (χ4n) is 6.31. The topological polar surface area (TPSA) is 114 Å². The molecule has 3 aliphatic heterocycles. The van der Waals surface area contributed by atoms with Crippen molar-refractivity contribution in [2.24, 2.45) is 11.8 Å². The third-order valence-electron chi connectivity index (χ3n) is 7.88. The number of amides is 2. The zero-order chi connectivity index (χ0) is 25.2. The lowest BCUT2D eigenvalue weighted by Crippen LogP contribution is -2.53.